The van der Waals surface area contributed by atoms with Crippen LogP contribution in [0.2, 0.25) is 0 Å². The first kappa shape index (κ1) is 13.7. The molecule has 0 radical (unpaired) electrons. The van der Waals surface area contributed by atoms with Crippen molar-refractivity contribution in [1.29, 1.82) is 0 Å². The Bertz CT molecular complexity index is 353. The lowest BCUT2D eigenvalue weighted by molar-refractivity contribution is 0.0774. The Morgan fingerprint density at radius 2 is 2.20 bits per heavy atom. The Kier molecular flexibility index (Phi) is 5.81. The molecule has 0 atom stereocenters. The van der Waals surface area contributed by atoms with Gasteiger partial charge in [0.15, 0.2) is 0 Å². The molecular formula is C9H10Br3NOS. The van der Waals surface area contributed by atoms with E-state index in [9.17, 15) is 4.79 Å². The van der Waals surface area contributed by atoms with Crippen molar-refractivity contribution in [1.82, 2.24) is 4.90 Å². The van der Waals surface area contributed by atoms with Gasteiger partial charge in [0, 0.05) is 18.4 Å². The number of thiophene rings is 1. The predicted octanol–water partition coefficient (Wildman–Crippen LogP) is 4.13. The molecule has 0 saturated carbocycles. The molecule has 0 N–H and O–H groups in total. The number of carbonyl (C=O) groups is 1. The van der Waals surface area contributed by atoms with E-state index >= 15 is 0 Å². The number of hydrogen-bond donors (Lipinski definition) is 0. The zero-order valence-electron chi connectivity index (χ0n) is 8.10. The van der Waals surface area contributed by atoms with Crippen molar-refractivity contribution >= 4 is 65.0 Å². The maximum absolute atomic E-state index is 12.1. The molecule has 1 amide bonds. The average Bonchev–Trinajstić information content (AvgIpc) is 2.53. The van der Waals surface area contributed by atoms with Crippen LogP contribution in [0.3, 0.4) is 0 Å². The zero-order chi connectivity index (χ0) is 11.4. The molecule has 0 aliphatic heterocycles. The molecule has 0 spiro atoms. The molecule has 1 aromatic rings. The molecule has 1 rings (SSSR count). The van der Waals surface area contributed by atoms with E-state index in [2.05, 4.69) is 47.8 Å². The van der Waals surface area contributed by atoms with Crippen molar-refractivity contribution in [2.24, 2.45) is 0 Å². The summed E-state index contributed by atoms with van der Waals surface area (Å²) >= 11 is 11.6. The Balaban J connectivity index is 2.87. The zero-order valence-corrected chi connectivity index (χ0v) is 13.7. The summed E-state index contributed by atoms with van der Waals surface area (Å²) in [5.41, 5.74) is 0.731. The molecule has 0 bridgehead atoms. The molecule has 6 heteroatoms. The lowest BCUT2D eigenvalue weighted by Crippen LogP contribution is -2.32. The van der Waals surface area contributed by atoms with Crippen LogP contribution in [-0.4, -0.2) is 29.2 Å². The first-order valence-electron chi connectivity index (χ1n) is 4.40. The van der Waals surface area contributed by atoms with Gasteiger partial charge in [-0.3, -0.25) is 4.79 Å². The molecule has 0 unspecified atom stereocenters. The third-order valence-electron chi connectivity index (χ3n) is 1.91. The summed E-state index contributed by atoms with van der Waals surface area (Å²) in [5, 5.41) is 0.801. The van der Waals surface area contributed by atoms with Crippen LogP contribution in [0, 0.1) is 0 Å². The molecule has 1 heterocycles. The van der Waals surface area contributed by atoms with Gasteiger partial charge in [0.1, 0.15) is 0 Å². The van der Waals surface area contributed by atoms with Crippen LogP contribution in [-0.2, 0) is 0 Å². The average molecular weight is 420 g/mol. The molecule has 0 saturated heterocycles. The van der Waals surface area contributed by atoms with Crippen LogP contribution < -0.4 is 0 Å². The quantitative estimate of drug-likeness (QED) is 0.672. The Morgan fingerprint density at radius 3 is 2.60 bits per heavy atom. The van der Waals surface area contributed by atoms with Crippen molar-refractivity contribution in [3.05, 3.63) is 19.2 Å². The second-order valence-electron chi connectivity index (χ2n) is 2.81. The molecule has 0 aliphatic carbocycles. The van der Waals surface area contributed by atoms with E-state index in [4.69, 9.17) is 0 Å². The van der Waals surface area contributed by atoms with Crippen LogP contribution >= 0.6 is 59.1 Å². The van der Waals surface area contributed by atoms with Gasteiger partial charge < -0.3 is 4.90 Å². The maximum atomic E-state index is 12.1. The van der Waals surface area contributed by atoms with Crippen molar-refractivity contribution in [2.75, 3.05) is 18.4 Å². The van der Waals surface area contributed by atoms with E-state index in [1.54, 1.807) is 0 Å². The van der Waals surface area contributed by atoms with Gasteiger partial charge in [-0.2, -0.15) is 0 Å². The number of nitrogens with zero attached hydrogens (tertiary/aromatic N) is 1. The van der Waals surface area contributed by atoms with Crippen LogP contribution in [0.1, 0.15) is 17.3 Å². The SMILES string of the molecule is CCN(CCBr)C(=O)c1cc(Br)sc1Br. The fraction of sp³-hybridized carbons (Fsp3) is 0.444. The number of carbonyl (C=O) groups excluding carboxylic acids is 1. The van der Waals surface area contributed by atoms with E-state index in [-0.39, 0.29) is 5.91 Å². The van der Waals surface area contributed by atoms with E-state index in [1.807, 2.05) is 17.9 Å². The van der Waals surface area contributed by atoms with Crippen molar-refractivity contribution in [3.8, 4) is 0 Å². The second-order valence-corrected chi connectivity index (χ2v) is 7.35. The van der Waals surface area contributed by atoms with Crippen molar-refractivity contribution in [2.45, 2.75) is 6.92 Å². The predicted molar refractivity (Wildman–Crippen MR) is 75.1 cm³/mol. The number of halogens is 3. The van der Waals surface area contributed by atoms with Gasteiger partial charge in [-0.1, -0.05) is 15.9 Å². The van der Waals surface area contributed by atoms with E-state index < -0.39 is 0 Å². The minimum absolute atomic E-state index is 0.0748. The summed E-state index contributed by atoms with van der Waals surface area (Å²) < 4.78 is 1.85. The second kappa shape index (κ2) is 6.37. The molecular weight excluding hydrogens is 410 g/mol. The first-order valence-corrected chi connectivity index (χ1v) is 7.92. The lowest BCUT2D eigenvalue weighted by Gasteiger charge is -2.19. The number of hydrogen-bond acceptors (Lipinski definition) is 2. The van der Waals surface area contributed by atoms with Crippen molar-refractivity contribution < 1.29 is 4.79 Å². The fourth-order valence-electron chi connectivity index (χ4n) is 1.16. The fourth-order valence-corrected chi connectivity index (χ4v) is 4.37. The first-order chi connectivity index (χ1) is 7.10. The van der Waals surface area contributed by atoms with Crippen LogP contribution in [0.5, 0.6) is 0 Å². The topological polar surface area (TPSA) is 20.3 Å². The Labute approximate surface area is 118 Å². The highest BCUT2D eigenvalue weighted by Gasteiger charge is 2.18. The van der Waals surface area contributed by atoms with Gasteiger partial charge in [-0.25, -0.2) is 0 Å². The Hall–Kier alpha value is 0.610. The van der Waals surface area contributed by atoms with Gasteiger partial charge in [-0.15, -0.1) is 11.3 Å². The summed E-state index contributed by atoms with van der Waals surface area (Å²) in [6, 6.07) is 1.86. The summed E-state index contributed by atoms with van der Waals surface area (Å²) in [6.45, 7) is 3.44. The highest BCUT2D eigenvalue weighted by atomic mass is 79.9. The van der Waals surface area contributed by atoms with Crippen LogP contribution in [0.15, 0.2) is 13.6 Å². The number of alkyl halides is 1. The summed E-state index contributed by atoms with van der Waals surface area (Å²) in [4.78, 5) is 13.9. The highest BCUT2D eigenvalue weighted by Crippen LogP contribution is 2.32. The summed E-state index contributed by atoms with van der Waals surface area (Å²) in [5.74, 6) is 0.0748. The van der Waals surface area contributed by atoms with E-state index in [0.29, 0.717) is 0 Å². The molecule has 15 heavy (non-hydrogen) atoms. The van der Waals surface area contributed by atoms with E-state index in [1.165, 1.54) is 11.3 Å². The van der Waals surface area contributed by atoms with Crippen LogP contribution in [0.4, 0.5) is 0 Å². The third kappa shape index (κ3) is 3.54. The normalized spacial score (nSPS) is 10.4. The van der Waals surface area contributed by atoms with Gasteiger partial charge in [-0.05, 0) is 44.8 Å². The highest BCUT2D eigenvalue weighted by molar-refractivity contribution is 9.12. The largest absolute Gasteiger partial charge is 0.338 e. The van der Waals surface area contributed by atoms with Gasteiger partial charge in [0.25, 0.3) is 5.91 Å². The molecule has 0 fully saturated rings. The monoisotopic (exact) mass is 417 g/mol. The summed E-state index contributed by atoms with van der Waals surface area (Å²) in [6.07, 6.45) is 0. The van der Waals surface area contributed by atoms with E-state index in [0.717, 1.165) is 31.6 Å². The summed E-state index contributed by atoms with van der Waals surface area (Å²) in [7, 11) is 0. The molecule has 0 aromatic carbocycles. The third-order valence-corrected chi connectivity index (χ3v) is 4.60. The van der Waals surface area contributed by atoms with Gasteiger partial charge >= 0.3 is 0 Å². The smallest absolute Gasteiger partial charge is 0.255 e. The maximum Gasteiger partial charge on any atom is 0.255 e. The molecule has 2 nitrogen and oxygen atoms in total. The number of rotatable bonds is 4. The van der Waals surface area contributed by atoms with Crippen LogP contribution in [0.25, 0.3) is 0 Å². The van der Waals surface area contributed by atoms with Gasteiger partial charge in [0.2, 0.25) is 0 Å². The number of amides is 1. The molecule has 1 aromatic heterocycles. The van der Waals surface area contributed by atoms with Crippen molar-refractivity contribution in [3.63, 3.8) is 0 Å². The van der Waals surface area contributed by atoms with Gasteiger partial charge in [0.05, 0.1) is 13.1 Å². The minimum atomic E-state index is 0.0748. The molecule has 84 valence electrons. The Morgan fingerprint density at radius 1 is 1.53 bits per heavy atom. The molecule has 0 aliphatic rings. The lowest BCUT2D eigenvalue weighted by atomic mass is 10.3. The standard InChI is InChI=1S/C9H10Br3NOS/c1-2-13(4-3-10)9(14)6-5-7(11)15-8(6)12/h5H,2-4H2,1H3. The minimum Gasteiger partial charge on any atom is -0.338 e.